The number of β-amino-alcohol motifs (C(OH)–C–C–N with tert-alkyl or cyclic N) is 1. The summed E-state index contributed by atoms with van der Waals surface area (Å²) in [5.74, 6) is 1.24. The molecule has 5 saturated heterocycles. The zero-order chi connectivity index (χ0) is 97.9. The Morgan fingerprint density at radius 2 is 0.803 bits per heavy atom. The third-order valence-corrected chi connectivity index (χ3v) is 28.0. The SMILES string of the molecule is [C-]#[N+]c1cnc(C(=O)Nc2ccc(C3CN(C)C(=O)N(C)C3)cc2C2=CCC(CC)(CC)CC2)[nH]1.[C-]#[N+]c1cnc(C(=O)Nc2ccc(C3CN(C)C(=O)N(C)C3)cc2N2CCC(C)CC2)[nH]1.[C-]#[N+]c1cnc(C(=O)Nc2ccc(C3CN(CC)C(=O)N(CC)C3)cc2C2=CCC(C)(C)CC2)[nH]1.[C-]#[N+]c1cnc(C(=O)Nc2ccc(C3CN(CCC)C(=O)N(CCO)C3)cc2C2=CCCCC2)[nH]1. The van der Waals surface area contributed by atoms with E-state index in [1.165, 1.54) is 47.1 Å². The second kappa shape index (κ2) is 45.3. The van der Waals surface area contributed by atoms with Crippen LogP contribution in [0.5, 0.6) is 0 Å². The van der Waals surface area contributed by atoms with Gasteiger partial charge in [-0.3, -0.25) is 39.1 Å². The molecule has 4 aromatic heterocycles. The van der Waals surface area contributed by atoms with Gasteiger partial charge in [0.1, 0.15) is 0 Å². The number of nitrogens with zero attached hydrogens (tertiary/aromatic N) is 17. The average Bonchev–Trinajstić information content (AvgIpc) is 1.34. The number of amides is 12. The molecule has 16 rings (SSSR count). The maximum absolute atomic E-state index is 12.9. The molecule has 34 heteroatoms. The Labute approximate surface area is 802 Å². The van der Waals surface area contributed by atoms with Crippen molar-refractivity contribution in [2.75, 3.05) is 153 Å². The summed E-state index contributed by atoms with van der Waals surface area (Å²) >= 11 is 0. The summed E-state index contributed by atoms with van der Waals surface area (Å²) in [5.41, 5.74) is 15.8. The molecule has 0 radical (unpaired) electrons. The minimum atomic E-state index is -0.392. The van der Waals surface area contributed by atoms with Gasteiger partial charge in [-0.25, -0.2) is 39.1 Å². The molecular weight excluding hydrogens is 1730 g/mol. The smallest absolute Gasteiger partial charge is 0.320 e. The number of urea groups is 4. The van der Waals surface area contributed by atoms with Crippen molar-refractivity contribution in [3.05, 3.63) is 224 Å². The van der Waals surface area contributed by atoms with Gasteiger partial charge in [-0.1, -0.05) is 123 Å². The lowest BCUT2D eigenvalue weighted by Gasteiger charge is -2.40. The Morgan fingerprint density at radius 3 is 1.15 bits per heavy atom. The van der Waals surface area contributed by atoms with Gasteiger partial charge < -0.3 is 89.9 Å². The van der Waals surface area contributed by atoms with Crippen LogP contribution in [0.3, 0.4) is 0 Å². The van der Waals surface area contributed by atoms with Gasteiger partial charge in [-0.05, 0) is 202 Å². The van der Waals surface area contributed by atoms with Gasteiger partial charge in [0.25, 0.3) is 23.3 Å². The first-order valence-corrected chi connectivity index (χ1v) is 47.9. The van der Waals surface area contributed by atoms with Gasteiger partial charge >= 0.3 is 47.8 Å². The van der Waals surface area contributed by atoms with Crippen LogP contribution >= 0.6 is 0 Å². The van der Waals surface area contributed by atoms with Gasteiger partial charge in [0.15, 0.2) is 0 Å². The van der Waals surface area contributed by atoms with E-state index in [1.807, 2.05) is 99.2 Å². The zero-order valence-electron chi connectivity index (χ0n) is 80.9. The Hall–Kier alpha value is -14.4. The number of H-pyrrole nitrogens is 4. The Bertz CT molecular complexity index is 5950. The van der Waals surface area contributed by atoms with Crippen molar-refractivity contribution < 1.29 is 43.5 Å². The summed E-state index contributed by atoms with van der Waals surface area (Å²) in [6, 6.07) is 24.7. The zero-order valence-corrected chi connectivity index (χ0v) is 80.9. The fourth-order valence-corrected chi connectivity index (χ4v) is 19.5. The lowest BCUT2D eigenvalue weighted by molar-refractivity contribution is 0.101. The molecule has 3 aliphatic carbocycles. The van der Waals surface area contributed by atoms with E-state index < -0.39 is 5.91 Å². The Balaban J connectivity index is 0.000000154. The number of benzene rings is 4. The Kier molecular flexibility index (Phi) is 33.1. The van der Waals surface area contributed by atoms with E-state index in [0.29, 0.717) is 95.6 Å². The average molecular weight is 1860 g/mol. The second-order valence-corrected chi connectivity index (χ2v) is 37.9. The summed E-state index contributed by atoms with van der Waals surface area (Å²) < 4.78 is 0. The van der Waals surface area contributed by atoms with Crippen LogP contribution in [-0.4, -0.2) is 258 Å². The topological polar surface area (TPSA) is 366 Å². The normalized spacial score (nSPS) is 18.2. The van der Waals surface area contributed by atoms with Crippen LogP contribution in [0.15, 0.2) is 116 Å². The Morgan fingerprint density at radius 1 is 0.445 bits per heavy atom. The number of carbonyl (C=O) groups excluding carboxylic acids is 8. The van der Waals surface area contributed by atoms with Crippen molar-refractivity contribution in [1.29, 1.82) is 0 Å². The molecule has 1 unspecified atom stereocenters. The lowest BCUT2D eigenvalue weighted by atomic mass is 9.70. The van der Waals surface area contributed by atoms with E-state index in [0.717, 1.165) is 166 Å². The van der Waals surface area contributed by atoms with Gasteiger partial charge in [-0.15, -0.1) is 0 Å². The number of imidazole rings is 4. The predicted molar refractivity (Wildman–Crippen MR) is 533 cm³/mol. The molecule has 34 nitrogen and oxygen atoms in total. The minimum absolute atomic E-state index is 0.0199. The van der Waals surface area contributed by atoms with Crippen LogP contribution in [-0.2, 0) is 0 Å². The predicted octanol–water partition coefficient (Wildman–Crippen LogP) is 19.3. The van der Waals surface area contributed by atoms with Crippen LogP contribution < -0.4 is 26.2 Å². The lowest BCUT2D eigenvalue weighted by Crippen LogP contribution is -2.53. The fraction of sp³-hybridized carbons (Fsp3) is 0.476. The number of piperidine rings is 1. The summed E-state index contributed by atoms with van der Waals surface area (Å²) in [6.45, 7) is 55.1. The van der Waals surface area contributed by atoms with E-state index in [4.69, 9.17) is 26.3 Å². The van der Waals surface area contributed by atoms with Gasteiger partial charge in [0.2, 0.25) is 23.3 Å². The summed E-state index contributed by atoms with van der Waals surface area (Å²) in [4.78, 5) is 158. The van der Waals surface area contributed by atoms with Crippen molar-refractivity contribution in [2.45, 2.75) is 175 Å². The van der Waals surface area contributed by atoms with Gasteiger partial charge in [0, 0.05) is 177 Å². The van der Waals surface area contributed by atoms with Gasteiger partial charge in [-0.2, -0.15) is 0 Å². The molecular formula is C103H129N25O9. The largest absolute Gasteiger partial charge is 0.395 e. The maximum atomic E-state index is 12.9. The number of hydrogen-bond donors (Lipinski definition) is 9. The minimum Gasteiger partial charge on any atom is -0.395 e. The first-order valence-electron chi connectivity index (χ1n) is 47.9. The van der Waals surface area contributed by atoms with E-state index in [-0.39, 0.29) is 124 Å². The van der Waals surface area contributed by atoms with E-state index >= 15 is 0 Å². The van der Waals surface area contributed by atoms with Crippen molar-refractivity contribution in [1.82, 2.24) is 79.1 Å². The molecule has 4 aromatic carbocycles. The number of allylic oxidation sites excluding steroid dienone is 6. The number of rotatable bonds is 24. The van der Waals surface area contributed by atoms with Crippen LogP contribution in [0, 0.1) is 43.0 Å². The van der Waals surface area contributed by atoms with Crippen molar-refractivity contribution in [3.8, 4) is 0 Å². The molecule has 5 aliphatic heterocycles. The number of aromatic amines is 4. The van der Waals surface area contributed by atoms with Gasteiger partial charge in [0.05, 0.1) is 42.8 Å². The number of aliphatic hydroxyl groups is 1. The van der Waals surface area contributed by atoms with Crippen LogP contribution in [0.2, 0.25) is 0 Å². The number of hydrogen-bond acceptors (Lipinski definition) is 14. The molecule has 12 amide bonds. The number of aromatic nitrogens is 8. The number of likely N-dealkylation sites (N-methyl/N-ethyl adjacent to an activating group) is 6. The number of aliphatic hydroxyl groups excluding tert-OH is 1. The molecule has 720 valence electrons. The molecule has 0 spiro atoms. The highest BCUT2D eigenvalue weighted by atomic mass is 16.3. The molecule has 8 aromatic rings. The molecule has 8 aliphatic rings. The van der Waals surface area contributed by atoms with Crippen molar-refractivity contribution in [3.63, 3.8) is 0 Å². The highest BCUT2D eigenvalue weighted by Crippen LogP contribution is 2.47. The van der Waals surface area contributed by atoms with Crippen LogP contribution in [0.4, 0.5) is 70.9 Å². The maximum Gasteiger partial charge on any atom is 0.320 e. The van der Waals surface area contributed by atoms with E-state index in [2.05, 4.69) is 176 Å². The third kappa shape index (κ3) is 24.3. The monoisotopic (exact) mass is 1860 g/mol. The molecule has 9 heterocycles. The number of carbonyl (C=O) groups is 8. The highest BCUT2D eigenvalue weighted by molar-refractivity contribution is 6.06. The van der Waals surface area contributed by atoms with E-state index in [1.54, 1.807) is 24.5 Å². The number of anilines is 5. The number of nitrogens with one attached hydrogen (secondary N) is 8. The molecule has 9 N–H and O–H groups in total. The third-order valence-electron chi connectivity index (χ3n) is 28.0. The first-order chi connectivity index (χ1) is 65.9. The van der Waals surface area contributed by atoms with Crippen molar-refractivity contribution >= 4 is 116 Å². The summed E-state index contributed by atoms with van der Waals surface area (Å²) in [5, 5.41) is 21.4. The summed E-state index contributed by atoms with van der Waals surface area (Å²) in [6.07, 6.45) is 28.0. The first kappa shape index (κ1) is 100. The molecule has 1 atom stereocenters. The standard InChI is InChI=1S/2C27H34N6O2.C26H32N6O3.C23H29N7O2/c1-6-27(7-2)12-10-18(11-13-27)21-14-19(20-16-32(4)26(35)33(5)17-20)8-9-22(21)30-25(34)24-29-15-23(28-3)31-24;1-6-32-16-20(17-33(7-2)26(32)35)19-8-9-22(30-25(34)24-29-15-23(28-5)31-24)21(14-19)18-10-12-27(3,4)13-11-18;1-3-11-31-16-20(17-32(12-13-33)26(31)35)19-9-10-22(21(14-19)18-7-5-4-6-8-18)29-25(34)24-28-15-23(27-2)30-24;1-15-7-9-30(10-8-15)19-11-16(17-13-28(3)23(32)29(4)14-17)5-6-18(19)26-22(31)21-25-12-20(24-2)27-21/h8-10,14-15,20H,6-7,11-13,16-17H2,1-2,4-5H3,(H,29,31)(H,30,34);8-10,14-15,20H,6-7,11-13,16-17H2,1-4H3,(H,29,31)(H,30,34);7,9-10,14-15,20,33H,3-6,8,11-13,16-17H2,1H3,(H,28,30)(H,29,34);5-6,11-12,15,17H,7-10,13-14H2,1,3-4H3,(H,25,27)(H,26,31). The van der Waals surface area contributed by atoms with Crippen molar-refractivity contribution in [2.24, 2.45) is 16.7 Å². The molecule has 0 bridgehead atoms. The van der Waals surface area contributed by atoms with Crippen LogP contribution in [0.1, 0.15) is 257 Å². The second-order valence-electron chi connectivity index (χ2n) is 37.9. The molecule has 0 saturated carbocycles. The molecule has 5 fully saturated rings. The molecule has 137 heavy (non-hydrogen) atoms. The van der Waals surface area contributed by atoms with E-state index in [9.17, 15) is 43.5 Å². The highest BCUT2D eigenvalue weighted by Gasteiger charge is 2.38. The van der Waals surface area contributed by atoms with Crippen LogP contribution in [0.25, 0.3) is 36.1 Å². The quantitative estimate of drug-likeness (QED) is 0.0254. The summed E-state index contributed by atoms with van der Waals surface area (Å²) in [7, 11) is 7.32. The fourth-order valence-electron chi connectivity index (χ4n) is 19.5.